The van der Waals surface area contributed by atoms with Crippen LogP contribution in [0.2, 0.25) is 0 Å². The van der Waals surface area contributed by atoms with E-state index in [0.717, 1.165) is 77.0 Å². The van der Waals surface area contributed by atoms with E-state index in [1.54, 1.807) is 0 Å². The molecule has 0 aliphatic rings. The Kier molecular flexibility index (Phi) is 41.3. The topological polar surface area (TPSA) is 119 Å². The number of aliphatic carboxylic acids is 1. The predicted molar refractivity (Wildman–Crippen MR) is 234 cm³/mol. The summed E-state index contributed by atoms with van der Waals surface area (Å²) < 4.78 is 6.04. The number of hydrogen-bond acceptors (Lipinski definition) is 5. The molecule has 0 saturated carbocycles. The van der Waals surface area contributed by atoms with Gasteiger partial charge in [-0.2, -0.15) is 0 Å². The number of carbonyl (C=O) groups is 3. The molecule has 1 amide bonds. The van der Waals surface area contributed by atoms with Gasteiger partial charge in [0.2, 0.25) is 5.91 Å². The Morgan fingerprint density at radius 2 is 0.964 bits per heavy atom. The quantitative estimate of drug-likeness (QED) is 0.0322. The Balaban J connectivity index is 4.33. The van der Waals surface area contributed by atoms with Crippen LogP contribution >= 0.6 is 0 Å². The highest BCUT2D eigenvalue weighted by atomic mass is 16.5. The standard InChI is InChI=1S/C48H90N2O5/c1-3-5-7-9-11-13-15-17-18-19-21-23-25-27-32-36-42-47(52)55-44(38-33-29-26-24-22-20-16-14-12-10-8-6-4-2)39-34-30-28-31-35-41-46(51)50-45(48(53)54)40-37-43-49/h16,20,24,26,44-45H,3-15,17-19,21-23,25,27-43,49H2,1-2H3,(H,50,51)(H,53,54)/b20-16-,26-24-. The van der Waals surface area contributed by atoms with E-state index in [1.807, 2.05) is 0 Å². The van der Waals surface area contributed by atoms with Crippen LogP contribution in [0.4, 0.5) is 0 Å². The van der Waals surface area contributed by atoms with Crippen LogP contribution in [-0.2, 0) is 19.1 Å². The second-order valence-electron chi connectivity index (χ2n) is 16.2. The molecule has 0 heterocycles. The van der Waals surface area contributed by atoms with Gasteiger partial charge >= 0.3 is 11.9 Å². The summed E-state index contributed by atoms with van der Waals surface area (Å²) in [5, 5.41) is 11.9. The summed E-state index contributed by atoms with van der Waals surface area (Å²) >= 11 is 0. The van der Waals surface area contributed by atoms with Crippen molar-refractivity contribution in [3.63, 3.8) is 0 Å². The van der Waals surface area contributed by atoms with Crippen molar-refractivity contribution in [2.75, 3.05) is 6.54 Å². The molecule has 0 aromatic carbocycles. The van der Waals surface area contributed by atoms with Crippen molar-refractivity contribution in [2.45, 2.75) is 257 Å². The number of hydrogen-bond donors (Lipinski definition) is 3. The number of allylic oxidation sites excluding steroid dienone is 4. The summed E-state index contributed by atoms with van der Waals surface area (Å²) in [5.41, 5.74) is 5.49. The van der Waals surface area contributed by atoms with E-state index in [0.29, 0.717) is 32.2 Å². The lowest BCUT2D eigenvalue weighted by molar-refractivity contribution is -0.150. The molecule has 0 bridgehead atoms. The summed E-state index contributed by atoms with van der Waals surface area (Å²) in [7, 11) is 0. The first-order chi connectivity index (χ1) is 26.9. The molecule has 0 radical (unpaired) electrons. The van der Waals surface area contributed by atoms with Crippen LogP contribution in [0.15, 0.2) is 24.3 Å². The highest BCUT2D eigenvalue weighted by Gasteiger charge is 2.19. The molecule has 0 fully saturated rings. The minimum absolute atomic E-state index is 0.0261. The van der Waals surface area contributed by atoms with Gasteiger partial charge in [-0.05, 0) is 83.6 Å². The normalized spacial score (nSPS) is 12.8. The number of unbranched alkanes of at least 4 members (excludes halogenated alkanes) is 25. The van der Waals surface area contributed by atoms with Crippen LogP contribution < -0.4 is 11.1 Å². The Morgan fingerprint density at radius 3 is 1.47 bits per heavy atom. The summed E-state index contributed by atoms with van der Waals surface area (Å²) in [5.74, 6) is -1.25. The number of amides is 1. The lowest BCUT2D eigenvalue weighted by Gasteiger charge is -2.18. The van der Waals surface area contributed by atoms with E-state index < -0.39 is 12.0 Å². The zero-order valence-corrected chi connectivity index (χ0v) is 36.3. The van der Waals surface area contributed by atoms with Crippen LogP contribution in [0.3, 0.4) is 0 Å². The molecule has 0 aliphatic heterocycles. The molecule has 0 spiro atoms. The van der Waals surface area contributed by atoms with E-state index in [-0.39, 0.29) is 18.0 Å². The summed E-state index contributed by atoms with van der Waals surface area (Å²) in [4.78, 5) is 36.4. The number of rotatable bonds is 43. The van der Waals surface area contributed by atoms with Gasteiger partial charge in [0.15, 0.2) is 0 Å². The number of ether oxygens (including phenoxy) is 1. The number of carboxylic acid groups (broad SMARTS) is 1. The maximum absolute atomic E-state index is 12.8. The minimum Gasteiger partial charge on any atom is -0.480 e. The highest BCUT2D eigenvalue weighted by Crippen LogP contribution is 2.18. The molecule has 0 rings (SSSR count). The number of nitrogens with one attached hydrogen (secondary N) is 1. The third-order valence-corrected chi connectivity index (χ3v) is 10.8. The molecule has 55 heavy (non-hydrogen) atoms. The van der Waals surface area contributed by atoms with Crippen molar-refractivity contribution in [2.24, 2.45) is 5.73 Å². The van der Waals surface area contributed by atoms with Crippen LogP contribution in [0.25, 0.3) is 0 Å². The van der Waals surface area contributed by atoms with Crippen LogP contribution in [-0.4, -0.2) is 41.6 Å². The van der Waals surface area contributed by atoms with E-state index in [4.69, 9.17) is 10.5 Å². The van der Waals surface area contributed by atoms with Gasteiger partial charge in [-0.15, -0.1) is 0 Å². The highest BCUT2D eigenvalue weighted by molar-refractivity contribution is 5.83. The summed E-state index contributed by atoms with van der Waals surface area (Å²) in [6, 6.07) is -0.859. The lowest BCUT2D eigenvalue weighted by Crippen LogP contribution is -2.40. The Labute approximate surface area is 340 Å². The number of carbonyl (C=O) groups excluding carboxylic acids is 2. The van der Waals surface area contributed by atoms with E-state index in [2.05, 4.69) is 43.5 Å². The minimum atomic E-state index is -1.01. The summed E-state index contributed by atoms with van der Waals surface area (Å²) in [6.07, 6.45) is 49.4. The zero-order valence-electron chi connectivity index (χ0n) is 36.3. The molecule has 7 nitrogen and oxygen atoms in total. The molecule has 0 aromatic heterocycles. The van der Waals surface area contributed by atoms with Gasteiger partial charge < -0.3 is 20.9 Å². The third-order valence-electron chi connectivity index (χ3n) is 10.8. The zero-order chi connectivity index (χ0) is 40.3. The molecule has 2 atom stereocenters. The van der Waals surface area contributed by atoms with Crippen molar-refractivity contribution >= 4 is 17.8 Å². The second-order valence-corrected chi connectivity index (χ2v) is 16.2. The molecule has 0 saturated heterocycles. The van der Waals surface area contributed by atoms with E-state index >= 15 is 0 Å². The van der Waals surface area contributed by atoms with Crippen molar-refractivity contribution in [3.05, 3.63) is 24.3 Å². The maximum atomic E-state index is 12.8. The average Bonchev–Trinajstić information content (AvgIpc) is 3.17. The molecular formula is C48H90N2O5. The van der Waals surface area contributed by atoms with Gasteiger partial charge in [0, 0.05) is 12.8 Å². The molecular weight excluding hydrogens is 685 g/mol. The Morgan fingerprint density at radius 1 is 0.527 bits per heavy atom. The van der Waals surface area contributed by atoms with Gasteiger partial charge in [-0.3, -0.25) is 9.59 Å². The largest absolute Gasteiger partial charge is 0.480 e. The first kappa shape index (κ1) is 52.9. The first-order valence-electron chi connectivity index (χ1n) is 23.7. The van der Waals surface area contributed by atoms with E-state index in [1.165, 1.54) is 128 Å². The molecule has 2 unspecified atom stereocenters. The van der Waals surface area contributed by atoms with Crippen molar-refractivity contribution < 1.29 is 24.2 Å². The molecule has 0 aliphatic carbocycles. The monoisotopic (exact) mass is 775 g/mol. The average molecular weight is 775 g/mol. The van der Waals surface area contributed by atoms with E-state index in [9.17, 15) is 19.5 Å². The van der Waals surface area contributed by atoms with Gasteiger partial charge in [-0.25, -0.2) is 4.79 Å². The lowest BCUT2D eigenvalue weighted by atomic mass is 10.0. The number of esters is 1. The van der Waals surface area contributed by atoms with Gasteiger partial charge in [-0.1, -0.05) is 179 Å². The number of carboxylic acids is 1. The predicted octanol–water partition coefficient (Wildman–Crippen LogP) is 13.6. The van der Waals surface area contributed by atoms with Crippen molar-refractivity contribution in [1.29, 1.82) is 0 Å². The van der Waals surface area contributed by atoms with Crippen LogP contribution in [0, 0.1) is 0 Å². The second kappa shape index (κ2) is 43.0. The Bertz CT molecular complexity index is 920. The van der Waals surface area contributed by atoms with Crippen LogP contribution in [0.5, 0.6) is 0 Å². The first-order valence-corrected chi connectivity index (χ1v) is 23.7. The smallest absolute Gasteiger partial charge is 0.326 e. The maximum Gasteiger partial charge on any atom is 0.326 e. The molecule has 4 N–H and O–H groups in total. The molecule has 7 heteroatoms. The fourth-order valence-electron chi connectivity index (χ4n) is 7.19. The Hall–Kier alpha value is -2.15. The van der Waals surface area contributed by atoms with Crippen molar-refractivity contribution in [1.82, 2.24) is 5.32 Å². The fraction of sp³-hybridized carbons (Fsp3) is 0.854. The third kappa shape index (κ3) is 39.9. The number of nitrogens with two attached hydrogens (primary N) is 1. The van der Waals surface area contributed by atoms with Gasteiger partial charge in [0.05, 0.1) is 0 Å². The van der Waals surface area contributed by atoms with Crippen molar-refractivity contribution in [3.8, 4) is 0 Å². The SMILES string of the molecule is CCCCCCC/C=C\C/C=C\CCCC(CCCCCCCC(=O)NC(CCCN)C(=O)O)OC(=O)CCCCCCCCCCCCCCCCCC. The summed E-state index contributed by atoms with van der Waals surface area (Å²) in [6.45, 7) is 4.95. The fourth-order valence-corrected chi connectivity index (χ4v) is 7.19. The van der Waals surface area contributed by atoms with Gasteiger partial charge in [0.25, 0.3) is 0 Å². The molecule has 322 valence electrons. The van der Waals surface area contributed by atoms with Crippen LogP contribution in [0.1, 0.15) is 245 Å². The molecule has 0 aromatic rings. The van der Waals surface area contributed by atoms with Gasteiger partial charge in [0.1, 0.15) is 12.1 Å².